The molecule has 6 rings (SSSR count). The number of carbonyl (C=O) groups excluding carboxylic acids is 2. The topological polar surface area (TPSA) is 71.1 Å². The van der Waals surface area contributed by atoms with Gasteiger partial charge in [0.05, 0.1) is 5.41 Å². The molecule has 0 aliphatic heterocycles. The molecule has 0 spiro atoms. The van der Waals surface area contributed by atoms with Crippen LogP contribution in [0.3, 0.4) is 0 Å². The molecule has 0 unspecified atom stereocenters. The molecule has 0 aromatic heterocycles. The van der Waals surface area contributed by atoms with Crippen molar-refractivity contribution in [1.29, 1.82) is 0 Å². The first kappa shape index (κ1) is 29.5. The highest BCUT2D eigenvalue weighted by atomic mass is 16.6. The van der Waals surface area contributed by atoms with E-state index in [2.05, 4.69) is 92.0 Å². The number of hydrogen-bond donors (Lipinski definition) is 0. The van der Waals surface area contributed by atoms with Gasteiger partial charge in [-0.3, -0.25) is 0 Å². The molecule has 0 bridgehead atoms. The average Bonchev–Trinajstić information content (AvgIpc) is 3.37. The SMILES string of the molecule is C=CC(=O)OCCOc1ccc2c(c1)-c1cc3cc(OCCOC(=O)C=C)ccc3cc1C2(c1ccccc1)c1ccccc1. The summed E-state index contributed by atoms with van der Waals surface area (Å²) in [5.74, 6) is 0.397. The maximum Gasteiger partial charge on any atom is 0.330 e. The van der Waals surface area contributed by atoms with Crippen molar-refractivity contribution >= 4 is 22.7 Å². The van der Waals surface area contributed by atoms with Crippen LogP contribution in [0.1, 0.15) is 22.3 Å². The number of esters is 2. The van der Waals surface area contributed by atoms with Crippen molar-refractivity contribution in [3.63, 3.8) is 0 Å². The Morgan fingerprint density at radius 2 is 1.09 bits per heavy atom. The third kappa shape index (κ3) is 5.70. The zero-order valence-electron chi connectivity index (χ0n) is 24.7. The lowest BCUT2D eigenvalue weighted by Gasteiger charge is -2.34. The highest BCUT2D eigenvalue weighted by molar-refractivity contribution is 5.96. The predicted molar refractivity (Wildman–Crippen MR) is 175 cm³/mol. The van der Waals surface area contributed by atoms with Crippen LogP contribution < -0.4 is 9.47 Å². The monoisotopic (exact) mass is 596 g/mol. The molecule has 0 N–H and O–H groups in total. The molecule has 45 heavy (non-hydrogen) atoms. The summed E-state index contributed by atoms with van der Waals surface area (Å²) < 4.78 is 22.1. The van der Waals surface area contributed by atoms with Crippen molar-refractivity contribution in [3.05, 3.63) is 157 Å². The average molecular weight is 597 g/mol. The number of hydrogen-bond acceptors (Lipinski definition) is 6. The van der Waals surface area contributed by atoms with Gasteiger partial charge < -0.3 is 18.9 Å². The Bertz CT molecular complexity index is 1840. The molecule has 0 saturated heterocycles. The molecule has 0 fully saturated rings. The van der Waals surface area contributed by atoms with Gasteiger partial charge in [0.15, 0.2) is 0 Å². The molecule has 1 aliphatic carbocycles. The van der Waals surface area contributed by atoms with E-state index < -0.39 is 17.4 Å². The van der Waals surface area contributed by atoms with Gasteiger partial charge in [-0.15, -0.1) is 0 Å². The van der Waals surface area contributed by atoms with Gasteiger partial charge in [0.2, 0.25) is 0 Å². The van der Waals surface area contributed by atoms with Gasteiger partial charge in [-0.1, -0.05) is 86.0 Å². The van der Waals surface area contributed by atoms with Crippen molar-refractivity contribution < 1.29 is 28.5 Å². The molecular weight excluding hydrogens is 564 g/mol. The van der Waals surface area contributed by atoms with Crippen LogP contribution in [0, 0.1) is 0 Å². The van der Waals surface area contributed by atoms with E-state index in [9.17, 15) is 9.59 Å². The molecule has 6 heteroatoms. The quantitative estimate of drug-likeness (QED) is 0.0832. The summed E-state index contributed by atoms with van der Waals surface area (Å²) in [7, 11) is 0. The molecule has 1 aliphatic rings. The predicted octanol–water partition coefficient (Wildman–Crippen LogP) is 7.42. The number of rotatable bonds is 12. The molecular formula is C39H32O6. The van der Waals surface area contributed by atoms with E-state index in [1.54, 1.807) is 0 Å². The van der Waals surface area contributed by atoms with E-state index in [1.807, 2.05) is 30.3 Å². The van der Waals surface area contributed by atoms with Crippen LogP contribution in [0.4, 0.5) is 0 Å². The first-order valence-corrected chi connectivity index (χ1v) is 14.7. The van der Waals surface area contributed by atoms with E-state index in [4.69, 9.17) is 18.9 Å². The third-order valence-electron chi connectivity index (χ3n) is 7.98. The van der Waals surface area contributed by atoms with Crippen LogP contribution in [0.25, 0.3) is 21.9 Å². The fraction of sp³-hybridized carbons (Fsp3) is 0.128. The summed E-state index contributed by atoms with van der Waals surface area (Å²) in [4.78, 5) is 22.8. The fourth-order valence-electron chi connectivity index (χ4n) is 6.09. The molecule has 5 aromatic rings. The summed E-state index contributed by atoms with van der Waals surface area (Å²) in [5, 5.41) is 2.09. The number of ether oxygens (including phenoxy) is 4. The van der Waals surface area contributed by atoms with E-state index in [1.165, 1.54) is 5.56 Å². The molecule has 0 amide bonds. The summed E-state index contributed by atoms with van der Waals surface area (Å²) in [5.41, 5.74) is 6.22. The second-order valence-electron chi connectivity index (χ2n) is 10.5. The number of fused-ring (bicyclic) bond motifs is 4. The number of carbonyl (C=O) groups is 2. The molecule has 0 heterocycles. The standard InChI is InChI=1S/C39H32O6/c1-3-37(40)44-21-19-42-31-16-15-27-25-36-33(24-28(27)23-31)34-26-32(43-20-22-45-38(41)4-2)17-18-35(34)39(36,29-11-7-5-8-12-29)30-13-9-6-10-14-30/h3-18,23-26H,1-2,19-22H2. The summed E-state index contributed by atoms with van der Waals surface area (Å²) in [6.45, 7) is 7.55. The van der Waals surface area contributed by atoms with Gasteiger partial charge in [0, 0.05) is 12.2 Å². The maximum atomic E-state index is 11.5. The van der Waals surface area contributed by atoms with E-state index in [0.717, 1.165) is 50.7 Å². The molecule has 0 saturated carbocycles. The van der Waals surface area contributed by atoms with Gasteiger partial charge in [-0.25, -0.2) is 9.59 Å². The lowest BCUT2D eigenvalue weighted by atomic mass is 9.67. The Kier molecular flexibility index (Phi) is 8.47. The van der Waals surface area contributed by atoms with Gasteiger partial charge in [-0.2, -0.15) is 0 Å². The Morgan fingerprint density at radius 3 is 1.67 bits per heavy atom. The lowest BCUT2D eigenvalue weighted by Crippen LogP contribution is -2.28. The summed E-state index contributed by atoms with van der Waals surface area (Å²) >= 11 is 0. The van der Waals surface area contributed by atoms with Crippen LogP contribution in [-0.2, 0) is 24.5 Å². The van der Waals surface area contributed by atoms with Crippen LogP contribution in [0.15, 0.2) is 135 Å². The molecule has 5 aromatic carbocycles. The van der Waals surface area contributed by atoms with Gasteiger partial charge in [-0.05, 0) is 80.6 Å². The van der Waals surface area contributed by atoms with Crippen LogP contribution in [-0.4, -0.2) is 38.4 Å². The summed E-state index contributed by atoms with van der Waals surface area (Å²) in [6.07, 6.45) is 2.27. The van der Waals surface area contributed by atoms with Crippen molar-refractivity contribution in [2.75, 3.05) is 26.4 Å². The third-order valence-corrected chi connectivity index (χ3v) is 7.98. The van der Waals surface area contributed by atoms with E-state index >= 15 is 0 Å². The minimum atomic E-state index is -0.566. The van der Waals surface area contributed by atoms with Gasteiger partial charge >= 0.3 is 11.9 Å². The van der Waals surface area contributed by atoms with E-state index in [0.29, 0.717) is 11.5 Å². The normalized spacial score (nSPS) is 12.4. The zero-order chi connectivity index (χ0) is 31.2. The van der Waals surface area contributed by atoms with Crippen LogP contribution >= 0.6 is 0 Å². The molecule has 0 radical (unpaired) electrons. The molecule has 0 atom stereocenters. The Hall–Kier alpha value is -5.62. The molecule has 224 valence electrons. The Morgan fingerprint density at radius 1 is 0.556 bits per heavy atom. The largest absolute Gasteiger partial charge is 0.490 e. The summed E-state index contributed by atoms with van der Waals surface area (Å²) in [6, 6.07) is 37.8. The lowest BCUT2D eigenvalue weighted by molar-refractivity contribution is -0.139. The van der Waals surface area contributed by atoms with Crippen molar-refractivity contribution in [1.82, 2.24) is 0 Å². The minimum Gasteiger partial charge on any atom is -0.490 e. The van der Waals surface area contributed by atoms with E-state index in [-0.39, 0.29) is 26.4 Å². The van der Waals surface area contributed by atoms with Gasteiger partial charge in [0.1, 0.15) is 37.9 Å². The van der Waals surface area contributed by atoms with Crippen LogP contribution in [0.2, 0.25) is 0 Å². The first-order chi connectivity index (χ1) is 22.0. The second-order valence-corrected chi connectivity index (χ2v) is 10.5. The Labute approximate surface area is 262 Å². The van der Waals surface area contributed by atoms with Crippen molar-refractivity contribution in [2.24, 2.45) is 0 Å². The van der Waals surface area contributed by atoms with Crippen LogP contribution in [0.5, 0.6) is 11.5 Å². The number of benzene rings is 5. The minimum absolute atomic E-state index is 0.122. The smallest absolute Gasteiger partial charge is 0.330 e. The molecule has 6 nitrogen and oxygen atoms in total. The maximum absolute atomic E-state index is 11.5. The van der Waals surface area contributed by atoms with Gasteiger partial charge in [0.25, 0.3) is 0 Å². The first-order valence-electron chi connectivity index (χ1n) is 14.7. The highest BCUT2D eigenvalue weighted by Crippen LogP contribution is 2.57. The zero-order valence-corrected chi connectivity index (χ0v) is 24.7. The highest BCUT2D eigenvalue weighted by Gasteiger charge is 2.46. The fourth-order valence-corrected chi connectivity index (χ4v) is 6.09. The Balaban J connectivity index is 1.46. The van der Waals surface area contributed by atoms with Crippen molar-refractivity contribution in [3.8, 4) is 22.6 Å². The second kappa shape index (κ2) is 12.9. The van der Waals surface area contributed by atoms with Crippen molar-refractivity contribution in [2.45, 2.75) is 5.41 Å².